The number of amides is 1. The zero-order valence-electron chi connectivity index (χ0n) is 23.1. The van der Waals surface area contributed by atoms with Crippen LogP contribution in [-0.4, -0.2) is 36.2 Å². The van der Waals surface area contributed by atoms with E-state index in [1.807, 2.05) is 55.5 Å². The number of rotatable bonds is 8. The van der Waals surface area contributed by atoms with Crippen molar-refractivity contribution in [2.24, 2.45) is 5.10 Å². The number of aromatic nitrogens is 1. The zero-order valence-corrected chi connectivity index (χ0v) is 23.1. The Kier molecular flexibility index (Phi) is 8.10. The van der Waals surface area contributed by atoms with Gasteiger partial charge in [-0.1, -0.05) is 60.7 Å². The molecule has 0 aliphatic carbocycles. The van der Waals surface area contributed by atoms with E-state index in [0.717, 1.165) is 27.6 Å². The first-order chi connectivity index (χ1) is 20.4. The van der Waals surface area contributed by atoms with Crippen molar-refractivity contribution in [3.63, 3.8) is 0 Å². The highest BCUT2D eigenvalue weighted by Crippen LogP contribution is 2.34. The predicted molar refractivity (Wildman–Crippen MR) is 159 cm³/mol. The molecule has 42 heavy (non-hydrogen) atoms. The topological polar surface area (TPSA) is 119 Å². The minimum atomic E-state index is -0.659. The van der Waals surface area contributed by atoms with E-state index < -0.39 is 17.8 Å². The van der Waals surface area contributed by atoms with Crippen LogP contribution in [-0.2, 0) is 4.79 Å². The number of hydrogen-bond acceptors (Lipinski definition) is 7. The number of hydrazone groups is 1. The van der Waals surface area contributed by atoms with Crippen LogP contribution in [0.4, 0.5) is 0 Å². The predicted octanol–water partition coefficient (Wildman–Crippen LogP) is 6.06. The van der Waals surface area contributed by atoms with E-state index in [9.17, 15) is 14.4 Å². The van der Waals surface area contributed by atoms with Gasteiger partial charge in [0.05, 0.1) is 18.9 Å². The third kappa shape index (κ3) is 5.90. The van der Waals surface area contributed by atoms with Crippen LogP contribution >= 0.6 is 0 Å². The number of H-pyrrole nitrogens is 1. The number of methoxy groups -OCH3 is 1. The van der Waals surface area contributed by atoms with Gasteiger partial charge >= 0.3 is 11.9 Å². The number of benzene rings is 4. The molecule has 0 saturated heterocycles. The molecule has 1 aromatic heterocycles. The Morgan fingerprint density at radius 1 is 0.833 bits per heavy atom. The summed E-state index contributed by atoms with van der Waals surface area (Å²) < 4.78 is 15.9. The molecule has 0 aliphatic heterocycles. The van der Waals surface area contributed by atoms with Crippen molar-refractivity contribution in [3.05, 3.63) is 113 Å². The van der Waals surface area contributed by atoms with E-state index in [1.54, 1.807) is 24.3 Å². The fourth-order valence-corrected chi connectivity index (χ4v) is 4.53. The van der Waals surface area contributed by atoms with Crippen molar-refractivity contribution >= 4 is 35.0 Å². The Morgan fingerprint density at radius 2 is 1.60 bits per heavy atom. The normalized spacial score (nSPS) is 10.9. The number of nitrogens with one attached hydrogen (secondary N) is 2. The Bertz CT molecular complexity index is 1820. The lowest BCUT2D eigenvalue weighted by molar-refractivity contribution is -0.132. The average molecular weight is 562 g/mol. The number of carbonyl (C=O) groups excluding carboxylic acids is 3. The van der Waals surface area contributed by atoms with Gasteiger partial charge in [0.25, 0.3) is 5.91 Å². The van der Waals surface area contributed by atoms with Gasteiger partial charge in [-0.15, -0.1) is 0 Å². The third-order valence-electron chi connectivity index (χ3n) is 6.48. The quantitative estimate of drug-likeness (QED) is 0.103. The second-order valence-electron chi connectivity index (χ2n) is 9.32. The van der Waals surface area contributed by atoms with Crippen molar-refractivity contribution in [2.45, 2.75) is 13.8 Å². The van der Waals surface area contributed by atoms with Crippen molar-refractivity contribution < 1.29 is 28.6 Å². The first kappa shape index (κ1) is 27.9. The van der Waals surface area contributed by atoms with E-state index in [4.69, 9.17) is 14.2 Å². The first-order valence-corrected chi connectivity index (χ1v) is 13.0. The molecule has 5 rings (SSSR count). The maximum absolute atomic E-state index is 13.3. The van der Waals surface area contributed by atoms with Gasteiger partial charge in [-0.25, -0.2) is 10.2 Å². The SMILES string of the molecule is COc1cc(C(=O)Oc2ccccc2C=NNC(=O)c2[nH]c3c(C)cccc3c2-c2ccccc2)ccc1OC(C)=O. The van der Waals surface area contributed by atoms with Gasteiger partial charge in [-0.3, -0.25) is 9.59 Å². The standard InChI is InChI=1S/C33H27N3O6/c1-20-10-9-14-25-29(22-11-5-4-6-12-22)31(35-30(20)25)32(38)36-34-19-24-13-7-8-15-26(24)42-33(39)23-16-17-27(41-21(2)37)28(18-23)40-3/h4-19,35H,1-3H3,(H,36,38). The first-order valence-electron chi connectivity index (χ1n) is 13.0. The second-order valence-corrected chi connectivity index (χ2v) is 9.32. The van der Waals surface area contributed by atoms with Crippen molar-refractivity contribution in [3.8, 4) is 28.4 Å². The van der Waals surface area contributed by atoms with E-state index in [1.165, 1.54) is 38.4 Å². The van der Waals surface area contributed by atoms with E-state index in [0.29, 0.717) is 11.3 Å². The number of hydrogen-bond donors (Lipinski definition) is 2. The molecular formula is C33H27N3O6. The minimum Gasteiger partial charge on any atom is -0.493 e. The Hall–Kier alpha value is -5.70. The molecule has 4 aromatic carbocycles. The molecule has 2 N–H and O–H groups in total. The van der Waals surface area contributed by atoms with Gasteiger partial charge in [0, 0.05) is 29.0 Å². The summed E-state index contributed by atoms with van der Waals surface area (Å²) in [4.78, 5) is 40.8. The minimum absolute atomic E-state index is 0.186. The number of nitrogens with zero attached hydrogens (tertiary/aromatic N) is 1. The van der Waals surface area contributed by atoms with Crippen LogP contribution in [0.2, 0.25) is 0 Å². The summed E-state index contributed by atoms with van der Waals surface area (Å²) in [6.45, 7) is 3.25. The summed E-state index contributed by atoms with van der Waals surface area (Å²) >= 11 is 0. The lowest BCUT2D eigenvalue weighted by Crippen LogP contribution is -2.19. The fourth-order valence-electron chi connectivity index (χ4n) is 4.53. The van der Waals surface area contributed by atoms with Crippen LogP contribution in [0.15, 0.2) is 96.1 Å². The summed E-state index contributed by atoms with van der Waals surface area (Å²) in [5.74, 6) is -0.970. The number of fused-ring (bicyclic) bond motifs is 1. The summed E-state index contributed by atoms with van der Waals surface area (Å²) in [5, 5.41) is 5.08. The summed E-state index contributed by atoms with van der Waals surface area (Å²) in [6, 6.07) is 26.7. The molecule has 0 bridgehead atoms. The highest BCUT2D eigenvalue weighted by Gasteiger charge is 2.20. The van der Waals surface area contributed by atoms with Gasteiger partial charge in [-0.2, -0.15) is 5.10 Å². The molecular weight excluding hydrogens is 534 g/mol. The van der Waals surface area contributed by atoms with Crippen LogP contribution in [0.3, 0.4) is 0 Å². The van der Waals surface area contributed by atoms with Gasteiger partial charge in [-0.05, 0) is 48.4 Å². The summed E-state index contributed by atoms with van der Waals surface area (Å²) in [7, 11) is 1.40. The molecule has 0 atom stereocenters. The Balaban J connectivity index is 1.36. The van der Waals surface area contributed by atoms with Crippen LogP contribution < -0.4 is 19.6 Å². The van der Waals surface area contributed by atoms with Crippen molar-refractivity contribution in [1.82, 2.24) is 10.4 Å². The monoisotopic (exact) mass is 561 g/mol. The number of aryl methyl sites for hydroxylation is 1. The average Bonchev–Trinajstić information content (AvgIpc) is 3.39. The third-order valence-corrected chi connectivity index (χ3v) is 6.48. The number of esters is 2. The second kappa shape index (κ2) is 12.2. The molecule has 9 nitrogen and oxygen atoms in total. The molecule has 0 fully saturated rings. The lowest BCUT2D eigenvalue weighted by atomic mass is 10.0. The smallest absolute Gasteiger partial charge is 0.343 e. The number of para-hydroxylation sites is 2. The van der Waals surface area contributed by atoms with Gasteiger partial charge in [0.1, 0.15) is 11.4 Å². The van der Waals surface area contributed by atoms with Gasteiger partial charge in [0.2, 0.25) is 0 Å². The van der Waals surface area contributed by atoms with Crippen LogP contribution in [0.5, 0.6) is 17.2 Å². The Morgan fingerprint density at radius 3 is 2.36 bits per heavy atom. The summed E-state index contributed by atoms with van der Waals surface area (Å²) in [6.07, 6.45) is 1.40. The molecule has 1 heterocycles. The van der Waals surface area contributed by atoms with Gasteiger partial charge < -0.3 is 19.2 Å². The lowest BCUT2D eigenvalue weighted by Gasteiger charge is -2.11. The Labute approximate surface area is 241 Å². The zero-order chi connectivity index (χ0) is 29.6. The van der Waals surface area contributed by atoms with Gasteiger partial charge in [0.15, 0.2) is 11.5 Å². The molecule has 0 spiro atoms. The van der Waals surface area contributed by atoms with Crippen LogP contribution in [0, 0.1) is 6.92 Å². The van der Waals surface area contributed by atoms with Crippen molar-refractivity contribution in [2.75, 3.05) is 7.11 Å². The van der Waals surface area contributed by atoms with E-state index >= 15 is 0 Å². The van der Waals surface area contributed by atoms with Crippen molar-refractivity contribution in [1.29, 1.82) is 0 Å². The molecule has 210 valence electrons. The number of aromatic amines is 1. The highest BCUT2D eigenvalue weighted by atomic mass is 16.6. The van der Waals surface area contributed by atoms with Crippen LogP contribution in [0.25, 0.3) is 22.0 Å². The molecule has 0 unspecified atom stereocenters. The maximum Gasteiger partial charge on any atom is 0.343 e. The largest absolute Gasteiger partial charge is 0.493 e. The highest BCUT2D eigenvalue weighted by molar-refractivity contribution is 6.10. The summed E-state index contributed by atoms with van der Waals surface area (Å²) in [5.41, 5.74) is 7.20. The molecule has 0 aliphatic rings. The van der Waals surface area contributed by atoms with E-state index in [-0.39, 0.29) is 22.8 Å². The molecule has 0 radical (unpaired) electrons. The molecule has 9 heteroatoms. The fraction of sp³-hybridized carbons (Fsp3) is 0.0909. The molecule has 0 saturated carbocycles. The number of ether oxygens (including phenoxy) is 3. The van der Waals surface area contributed by atoms with E-state index in [2.05, 4.69) is 15.5 Å². The van der Waals surface area contributed by atoms with Crippen LogP contribution in [0.1, 0.15) is 38.9 Å². The molecule has 1 amide bonds. The number of carbonyl (C=O) groups is 3. The molecule has 5 aromatic rings. The maximum atomic E-state index is 13.3.